The van der Waals surface area contributed by atoms with Gasteiger partial charge in [0.15, 0.2) is 0 Å². The molecule has 7 heteroatoms. The second-order valence-corrected chi connectivity index (χ2v) is 2.85. The van der Waals surface area contributed by atoms with Gasteiger partial charge in [-0.1, -0.05) is 0 Å². The van der Waals surface area contributed by atoms with Crippen LogP contribution < -0.4 is 4.52 Å². The Hall–Kier alpha value is -1.94. The summed E-state index contributed by atoms with van der Waals surface area (Å²) in [6.07, 6.45) is 0. The van der Waals surface area contributed by atoms with Crippen molar-refractivity contribution >= 4 is 20.6 Å². The summed E-state index contributed by atoms with van der Waals surface area (Å²) in [5, 5.41) is 17.3. The summed E-state index contributed by atoms with van der Waals surface area (Å²) in [5.41, 5.74) is -0.484. The SMILES string of the molecule is O=POc1cc(C(=O)O)cc(C(=O)O)c1. The lowest BCUT2D eigenvalue weighted by Crippen LogP contribution is -2.02. The van der Waals surface area contributed by atoms with Gasteiger partial charge in [0.1, 0.15) is 5.75 Å². The molecule has 1 aromatic rings. The first-order chi connectivity index (χ1) is 7.04. The minimum Gasteiger partial charge on any atom is -0.478 e. The van der Waals surface area contributed by atoms with Crippen LogP contribution in [-0.2, 0) is 4.57 Å². The molecule has 1 rings (SSSR count). The van der Waals surface area contributed by atoms with Crippen molar-refractivity contribution < 1.29 is 28.9 Å². The molecule has 0 amide bonds. The Morgan fingerprint density at radius 1 is 1.07 bits per heavy atom. The summed E-state index contributed by atoms with van der Waals surface area (Å²) in [4.78, 5) is 21.2. The van der Waals surface area contributed by atoms with E-state index < -0.39 is 20.6 Å². The number of carboxylic acids is 2. The van der Waals surface area contributed by atoms with Crippen LogP contribution in [0.2, 0.25) is 0 Å². The maximum Gasteiger partial charge on any atom is 0.395 e. The maximum atomic E-state index is 10.6. The molecule has 0 aromatic heterocycles. The molecule has 0 aliphatic carbocycles. The van der Waals surface area contributed by atoms with Gasteiger partial charge in [0, 0.05) is 0 Å². The fraction of sp³-hybridized carbons (Fsp3) is 0. The lowest BCUT2D eigenvalue weighted by molar-refractivity contribution is 0.0696. The Labute approximate surface area is 85.4 Å². The molecular weight excluding hydrogens is 223 g/mol. The molecule has 0 bridgehead atoms. The smallest absolute Gasteiger partial charge is 0.395 e. The topological polar surface area (TPSA) is 101 Å². The molecule has 0 saturated heterocycles. The van der Waals surface area contributed by atoms with Crippen molar-refractivity contribution in [1.82, 2.24) is 0 Å². The molecule has 1 aromatic carbocycles. The summed E-state index contributed by atoms with van der Waals surface area (Å²) in [6.45, 7) is 0. The van der Waals surface area contributed by atoms with Gasteiger partial charge in [-0.15, -0.1) is 0 Å². The maximum absolute atomic E-state index is 10.6. The molecule has 0 aliphatic heterocycles. The summed E-state index contributed by atoms with van der Waals surface area (Å²) in [6, 6.07) is 3.15. The third-order valence-corrected chi connectivity index (χ3v) is 1.83. The quantitative estimate of drug-likeness (QED) is 0.760. The number of hydrogen-bond donors (Lipinski definition) is 2. The van der Waals surface area contributed by atoms with E-state index in [9.17, 15) is 14.2 Å². The number of benzene rings is 1. The van der Waals surface area contributed by atoms with Gasteiger partial charge in [-0.2, -0.15) is 0 Å². The molecule has 0 spiro atoms. The van der Waals surface area contributed by atoms with E-state index in [1.54, 1.807) is 0 Å². The van der Waals surface area contributed by atoms with Crippen molar-refractivity contribution in [2.24, 2.45) is 0 Å². The van der Waals surface area contributed by atoms with Crippen LogP contribution in [0.1, 0.15) is 20.7 Å². The van der Waals surface area contributed by atoms with E-state index in [0.717, 1.165) is 18.2 Å². The molecule has 78 valence electrons. The lowest BCUT2D eigenvalue weighted by Gasteiger charge is -2.01. The highest BCUT2D eigenvalue weighted by Crippen LogP contribution is 2.20. The van der Waals surface area contributed by atoms with Crippen LogP contribution in [-0.4, -0.2) is 22.2 Å². The molecule has 0 saturated carbocycles. The fourth-order valence-electron chi connectivity index (χ4n) is 0.942. The van der Waals surface area contributed by atoms with E-state index in [2.05, 4.69) is 4.52 Å². The first-order valence-electron chi connectivity index (χ1n) is 3.66. The molecule has 0 radical (unpaired) electrons. The van der Waals surface area contributed by atoms with E-state index in [-0.39, 0.29) is 16.9 Å². The van der Waals surface area contributed by atoms with Crippen LogP contribution in [0.25, 0.3) is 0 Å². The number of carboxylic acid groups (broad SMARTS) is 2. The molecule has 0 aliphatic rings. The zero-order valence-corrected chi connectivity index (χ0v) is 8.10. The van der Waals surface area contributed by atoms with Gasteiger partial charge in [-0.25, -0.2) is 14.2 Å². The Morgan fingerprint density at radius 3 is 1.87 bits per heavy atom. The first kappa shape index (κ1) is 11.1. The second-order valence-electron chi connectivity index (χ2n) is 2.52. The minimum atomic E-state index is -1.29. The molecule has 6 nitrogen and oxygen atoms in total. The van der Waals surface area contributed by atoms with Gasteiger partial charge >= 0.3 is 20.6 Å². The highest BCUT2D eigenvalue weighted by Gasteiger charge is 2.12. The largest absolute Gasteiger partial charge is 0.478 e. The predicted molar refractivity (Wildman–Crippen MR) is 48.6 cm³/mol. The number of carbonyl (C=O) groups is 2. The third-order valence-electron chi connectivity index (χ3n) is 1.54. The van der Waals surface area contributed by atoms with Gasteiger partial charge < -0.3 is 14.7 Å². The Kier molecular flexibility index (Phi) is 3.36. The van der Waals surface area contributed by atoms with Crippen molar-refractivity contribution in [3.8, 4) is 5.75 Å². The Morgan fingerprint density at radius 2 is 1.53 bits per heavy atom. The van der Waals surface area contributed by atoms with Gasteiger partial charge in [0.05, 0.1) is 11.1 Å². The van der Waals surface area contributed by atoms with Crippen molar-refractivity contribution in [1.29, 1.82) is 0 Å². The number of rotatable bonds is 4. The van der Waals surface area contributed by atoms with Crippen LogP contribution in [0.4, 0.5) is 0 Å². The van der Waals surface area contributed by atoms with Crippen molar-refractivity contribution in [2.45, 2.75) is 0 Å². The second kappa shape index (κ2) is 4.52. The van der Waals surface area contributed by atoms with E-state index in [1.165, 1.54) is 0 Å². The van der Waals surface area contributed by atoms with E-state index in [0.29, 0.717) is 0 Å². The van der Waals surface area contributed by atoms with E-state index in [4.69, 9.17) is 10.2 Å². The summed E-state index contributed by atoms with van der Waals surface area (Å²) < 4.78 is 14.6. The molecule has 0 heterocycles. The van der Waals surface area contributed by atoms with E-state index >= 15 is 0 Å². The highest BCUT2D eigenvalue weighted by molar-refractivity contribution is 7.17. The normalized spacial score (nSPS) is 9.87. The third kappa shape index (κ3) is 2.75. The van der Waals surface area contributed by atoms with Crippen molar-refractivity contribution in [2.75, 3.05) is 0 Å². The van der Waals surface area contributed by atoms with Crippen molar-refractivity contribution in [3.05, 3.63) is 29.3 Å². The van der Waals surface area contributed by atoms with Crippen LogP contribution >= 0.6 is 8.69 Å². The monoisotopic (exact) mass is 228 g/mol. The molecular formula is C8H5O6P. The van der Waals surface area contributed by atoms with Crippen LogP contribution in [0.3, 0.4) is 0 Å². The number of aromatic carboxylic acids is 2. The van der Waals surface area contributed by atoms with Gasteiger partial charge in [-0.05, 0) is 18.2 Å². The van der Waals surface area contributed by atoms with Crippen LogP contribution in [0.5, 0.6) is 5.75 Å². The van der Waals surface area contributed by atoms with Gasteiger partial charge in [0.2, 0.25) is 0 Å². The minimum absolute atomic E-state index is 0.0797. The highest BCUT2D eigenvalue weighted by atomic mass is 31.1. The average molecular weight is 228 g/mol. The predicted octanol–water partition coefficient (Wildman–Crippen LogP) is 1.67. The van der Waals surface area contributed by atoms with Crippen molar-refractivity contribution in [3.63, 3.8) is 0 Å². The molecule has 0 atom stereocenters. The molecule has 15 heavy (non-hydrogen) atoms. The summed E-state index contributed by atoms with van der Waals surface area (Å²) >= 11 is 0. The Balaban J connectivity index is 3.25. The van der Waals surface area contributed by atoms with Gasteiger partial charge in [0.25, 0.3) is 0 Å². The van der Waals surface area contributed by atoms with Crippen LogP contribution in [0, 0.1) is 0 Å². The molecule has 2 N–H and O–H groups in total. The summed E-state index contributed by atoms with van der Waals surface area (Å²) in [7, 11) is -0.681. The first-order valence-corrected chi connectivity index (χ1v) is 4.39. The zero-order chi connectivity index (χ0) is 11.4. The Bertz CT molecular complexity index is 395. The summed E-state index contributed by atoms with van der Waals surface area (Å²) in [5.74, 6) is -2.65. The number of hydrogen-bond acceptors (Lipinski definition) is 4. The molecule has 0 unspecified atom stereocenters. The van der Waals surface area contributed by atoms with Gasteiger partial charge in [-0.3, -0.25) is 0 Å². The van der Waals surface area contributed by atoms with E-state index in [1.807, 2.05) is 0 Å². The average Bonchev–Trinajstić information content (AvgIpc) is 2.17. The lowest BCUT2D eigenvalue weighted by atomic mass is 10.1. The molecule has 0 fully saturated rings. The van der Waals surface area contributed by atoms with Crippen LogP contribution in [0.15, 0.2) is 18.2 Å². The fourth-order valence-corrected chi connectivity index (χ4v) is 1.13. The zero-order valence-electron chi connectivity index (χ0n) is 7.21. The standard InChI is InChI=1S/C8H5O6P/c9-7(10)4-1-5(8(11)12)3-6(2-4)14-15-13/h1-3H,(H,9,10)(H,11,12).